The molecule has 0 atom stereocenters. The van der Waals surface area contributed by atoms with Gasteiger partial charge in [0.05, 0.1) is 0 Å². The average molecular weight is 389 g/mol. The van der Waals surface area contributed by atoms with Crippen LogP contribution in [-0.2, 0) is 5.75 Å². The number of carbonyl (C=O) groups excluding carboxylic acids is 2. The second-order valence-corrected chi connectivity index (χ2v) is 6.50. The van der Waals surface area contributed by atoms with Crippen LogP contribution in [0.5, 0.6) is 0 Å². The summed E-state index contributed by atoms with van der Waals surface area (Å²) >= 11 is 1.72. The van der Waals surface area contributed by atoms with Crippen molar-refractivity contribution in [2.75, 3.05) is 12.4 Å². The summed E-state index contributed by atoms with van der Waals surface area (Å²) in [6, 6.07) is 5.53. The minimum atomic E-state index is -0.0683. The standard InChI is InChI=1S/C19H22O3S.C2H6.C2H4/c1-3-6-15-14(4-2)18(21)16-8-7-13(11-17(16)19(15)22)12-23-10-5-9-20;2*1-2/h4,6-8,11,20H,3,5,9-10,12H2,1-2H3;1-2H3;1-2H2/b14-4+,15-6+;;. The Kier molecular flexibility index (Phi) is 13.2. The number of hydrogen-bond donors (Lipinski definition) is 1. The molecular weight excluding hydrogens is 356 g/mol. The number of thioether (sulfide) groups is 1. The number of aliphatic hydroxyl groups excluding tert-OH is 1. The van der Waals surface area contributed by atoms with Gasteiger partial charge in [0.25, 0.3) is 0 Å². The van der Waals surface area contributed by atoms with Crippen molar-refractivity contribution in [2.24, 2.45) is 0 Å². The summed E-state index contributed by atoms with van der Waals surface area (Å²) in [7, 11) is 0. The van der Waals surface area contributed by atoms with Crippen molar-refractivity contribution >= 4 is 23.3 Å². The van der Waals surface area contributed by atoms with Crippen LogP contribution in [0.2, 0.25) is 0 Å². The van der Waals surface area contributed by atoms with E-state index in [4.69, 9.17) is 5.11 Å². The molecule has 0 bridgehead atoms. The number of rotatable bonds is 6. The Bertz CT molecular complexity index is 687. The molecule has 0 spiro atoms. The summed E-state index contributed by atoms with van der Waals surface area (Å²) in [6.45, 7) is 13.9. The van der Waals surface area contributed by atoms with Crippen LogP contribution in [0.25, 0.3) is 0 Å². The van der Waals surface area contributed by atoms with Gasteiger partial charge in [0.15, 0.2) is 11.6 Å². The van der Waals surface area contributed by atoms with Gasteiger partial charge >= 0.3 is 0 Å². The molecule has 0 aliphatic heterocycles. The third-order valence-corrected chi connectivity index (χ3v) is 4.88. The molecule has 148 valence electrons. The molecule has 0 saturated heterocycles. The van der Waals surface area contributed by atoms with E-state index in [1.165, 1.54) is 0 Å². The molecule has 1 aromatic rings. The summed E-state index contributed by atoms with van der Waals surface area (Å²) in [5, 5.41) is 8.81. The zero-order chi connectivity index (χ0) is 20.8. The molecular formula is C23H32O3S. The first-order chi connectivity index (χ1) is 13.1. The first-order valence-corrected chi connectivity index (χ1v) is 10.6. The molecule has 0 radical (unpaired) electrons. The first kappa shape index (κ1) is 25.1. The van der Waals surface area contributed by atoms with Gasteiger partial charge in [-0.3, -0.25) is 9.59 Å². The van der Waals surface area contributed by atoms with E-state index in [2.05, 4.69) is 13.2 Å². The molecule has 1 aliphatic carbocycles. The third kappa shape index (κ3) is 6.64. The molecule has 0 amide bonds. The van der Waals surface area contributed by atoms with Gasteiger partial charge in [0.1, 0.15) is 0 Å². The van der Waals surface area contributed by atoms with Crippen molar-refractivity contribution in [3.8, 4) is 0 Å². The van der Waals surface area contributed by atoms with Gasteiger partial charge in [0, 0.05) is 34.6 Å². The number of allylic oxidation sites excluding steroid dienone is 4. The van der Waals surface area contributed by atoms with Crippen LogP contribution in [-0.4, -0.2) is 29.0 Å². The number of carbonyl (C=O) groups is 2. The van der Waals surface area contributed by atoms with Crippen molar-refractivity contribution in [3.63, 3.8) is 0 Å². The fourth-order valence-corrected chi connectivity index (χ4v) is 3.54. The van der Waals surface area contributed by atoms with Gasteiger partial charge in [-0.15, -0.1) is 13.2 Å². The number of ketones is 2. The van der Waals surface area contributed by atoms with E-state index in [9.17, 15) is 9.59 Å². The SMILES string of the molecule is C/C=C1/C(=O)c2ccc(CSCCCO)cc2C(=O)/C1=C/CC.C=C.CC. The lowest BCUT2D eigenvalue weighted by molar-refractivity contribution is 0.0972. The fourth-order valence-electron chi connectivity index (χ4n) is 2.65. The van der Waals surface area contributed by atoms with Gasteiger partial charge in [-0.25, -0.2) is 0 Å². The molecule has 0 saturated carbocycles. The highest BCUT2D eigenvalue weighted by Gasteiger charge is 2.31. The molecule has 2 rings (SSSR count). The van der Waals surface area contributed by atoms with Crippen molar-refractivity contribution in [3.05, 3.63) is 71.3 Å². The first-order valence-electron chi connectivity index (χ1n) is 9.41. The summed E-state index contributed by atoms with van der Waals surface area (Å²) < 4.78 is 0. The lowest BCUT2D eigenvalue weighted by Crippen LogP contribution is -2.23. The zero-order valence-corrected chi connectivity index (χ0v) is 17.8. The van der Waals surface area contributed by atoms with Crippen molar-refractivity contribution < 1.29 is 14.7 Å². The number of Topliss-reactive ketones (excluding diaryl/α,β-unsaturated/α-hetero) is 2. The molecule has 27 heavy (non-hydrogen) atoms. The highest BCUT2D eigenvalue weighted by molar-refractivity contribution is 7.98. The Morgan fingerprint density at radius 2 is 1.70 bits per heavy atom. The largest absolute Gasteiger partial charge is 0.396 e. The second kappa shape index (κ2) is 14.2. The maximum absolute atomic E-state index is 12.7. The lowest BCUT2D eigenvalue weighted by Gasteiger charge is -2.20. The predicted octanol–water partition coefficient (Wildman–Crippen LogP) is 5.79. The van der Waals surface area contributed by atoms with E-state index in [0.29, 0.717) is 22.3 Å². The Labute approximate surface area is 168 Å². The highest BCUT2D eigenvalue weighted by atomic mass is 32.2. The minimum absolute atomic E-state index is 0.0586. The van der Waals surface area contributed by atoms with Gasteiger partial charge in [-0.2, -0.15) is 11.8 Å². The third-order valence-electron chi connectivity index (χ3n) is 3.77. The van der Waals surface area contributed by atoms with Crippen molar-refractivity contribution in [1.82, 2.24) is 0 Å². The monoisotopic (exact) mass is 388 g/mol. The second-order valence-electron chi connectivity index (χ2n) is 5.40. The van der Waals surface area contributed by atoms with Crippen molar-refractivity contribution in [2.45, 2.75) is 46.3 Å². The molecule has 1 aromatic carbocycles. The predicted molar refractivity (Wildman–Crippen MR) is 118 cm³/mol. The Morgan fingerprint density at radius 1 is 1.07 bits per heavy atom. The van der Waals surface area contributed by atoms with Crippen LogP contribution in [0.4, 0.5) is 0 Å². The molecule has 0 fully saturated rings. The summed E-state index contributed by atoms with van der Waals surface area (Å²) in [4.78, 5) is 25.3. The van der Waals surface area contributed by atoms with E-state index in [-0.39, 0.29) is 18.2 Å². The van der Waals surface area contributed by atoms with Gasteiger partial charge in [-0.05, 0) is 43.2 Å². The van der Waals surface area contributed by atoms with Gasteiger partial charge < -0.3 is 5.11 Å². The molecule has 4 heteroatoms. The number of hydrogen-bond acceptors (Lipinski definition) is 4. The maximum Gasteiger partial charge on any atom is 0.194 e. The maximum atomic E-state index is 12.7. The highest BCUT2D eigenvalue weighted by Crippen LogP contribution is 2.31. The Morgan fingerprint density at radius 3 is 2.26 bits per heavy atom. The van der Waals surface area contributed by atoms with Gasteiger partial charge in [0.2, 0.25) is 0 Å². The van der Waals surface area contributed by atoms with E-state index >= 15 is 0 Å². The number of benzene rings is 1. The van der Waals surface area contributed by atoms with E-state index < -0.39 is 0 Å². The molecule has 1 aliphatic rings. The number of fused-ring (bicyclic) bond motifs is 1. The van der Waals surface area contributed by atoms with Crippen LogP contribution in [0.15, 0.2) is 54.7 Å². The van der Waals surface area contributed by atoms with E-state index in [1.54, 1.807) is 30.8 Å². The van der Waals surface area contributed by atoms with Crippen LogP contribution < -0.4 is 0 Å². The molecule has 3 nitrogen and oxygen atoms in total. The Balaban J connectivity index is 0.00000158. The molecule has 1 N–H and O–H groups in total. The van der Waals surface area contributed by atoms with Crippen molar-refractivity contribution in [1.29, 1.82) is 0 Å². The molecule has 0 heterocycles. The smallest absolute Gasteiger partial charge is 0.194 e. The molecule has 0 aromatic heterocycles. The quantitative estimate of drug-likeness (QED) is 0.380. The fraction of sp³-hybridized carbons (Fsp3) is 0.391. The molecule has 0 unspecified atom stereocenters. The summed E-state index contributed by atoms with van der Waals surface area (Å²) in [5.74, 6) is 1.53. The zero-order valence-electron chi connectivity index (χ0n) is 17.0. The minimum Gasteiger partial charge on any atom is -0.396 e. The van der Waals surface area contributed by atoms with Crippen LogP contribution in [0.3, 0.4) is 0 Å². The summed E-state index contributed by atoms with van der Waals surface area (Å²) in [5.41, 5.74) is 3.08. The summed E-state index contributed by atoms with van der Waals surface area (Å²) in [6.07, 6.45) is 5.04. The van der Waals surface area contributed by atoms with Crippen LogP contribution in [0.1, 0.15) is 66.8 Å². The lowest BCUT2D eigenvalue weighted by atomic mass is 9.81. The van der Waals surface area contributed by atoms with Crippen LogP contribution in [0, 0.1) is 0 Å². The normalized spacial score (nSPS) is 15.6. The number of aliphatic hydroxyl groups is 1. The van der Waals surface area contributed by atoms with E-state index in [0.717, 1.165) is 29.9 Å². The average Bonchev–Trinajstić information content (AvgIpc) is 2.72. The van der Waals surface area contributed by atoms with E-state index in [1.807, 2.05) is 39.0 Å². The topological polar surface area (TPSA) is 54.4 Å². The van der Waals surface area contributed by atoms with Crippen LogP contribution >= 0.6 is 11.8 Å². The Hall–Kier alpha value is -1.91. The van der Waals surface area contributed by atoms with Gasteiger partial charge in [-0.1, -0.05) is 39.0 Å².